The van der Waals surface area contributed by atoms with Crippen molar-refractivity contribution in [1.29, 1.82) is 0 Å². The van der Waals surface area contributed by atoms with E-state index in [0.29, 0.717) is 5.56 Å². The van der Waals surface area contributed by atoms with Crippen molar-refractivity contribution in [3.8, 4) is 0 Å². The molecule has 82 valence electrons. The molecule has 3 nitrogen and oxygen atoms in total. The van der Waals surface area contributed by atoms with E-state index in [4.69, 9.17) is 5.11 Å². The summed E-state index contributed by atoms with van der Waals surface area (Å²) < 4.78 is 12.9. The summed E-state index contributed by atoms with van der Waals surface area (Å²) in [5.41, 5.74) is -0.444. The minimum Gasteiger partial charge on any atom is -0.481 e. The molecule has 1 unspecified atom stereocenters. The minimum absolute atomic E-state index is 0.229. The number of carboxylic acids is 1. The Morgan fingerprint density at radius 1 is 1.53 bits per heavy atom. The van der Waals surface area contributed by atoms with Gasteiger partial charge in [0.25, 0.3) is 0 Å². The number of carbonyl (C=O) groups is 1. The summed E-state index contributed by atoms with van der Waals surface area (Å²) in [5.74, 6) is -1.45. The Balaban J connectivity index is 3.05. The summed E-state index contributed by atoms with van der Waals surface area (Å²) in [5, 5.41) is 17.9. The number of carboxylic acid groups (broad SMARTS) is 1. The highest BCUT2D eigenvalue weighted by molar-refractivity contribution is 5.69. The third-order valence-electron chi connectivity index (χ3n) is 2.41. The van der Waals surface area contributed by atoms with E-state index in [2.05, 4.69) is 0 Å². The zero-order valence-electron chi connectivity index (χ0n) is 8.40. The largest absolute Gasteiger partial charge is 0.481 e. The highest BCUT2D eigenvalue weighted by Crippen LogP contribution is 2.27. The molecule has 0 aliphatic carbocycles. The van der Waals surface area contributed by atoms with Crippen LogP contribution in [0.4, 0.5) is 4.39 Å². The standard InChI is InChI=1S/C11H13FO3/c1-11(7-13,6-10(14)15)8-3-2-4-9(12)5-8/h2-5,13H,6-7H2,1H3,(H,14,15). The van der Waals surface area contributed by atoms with Crippen LogP contribution in [0.25, 0.3) is 0 Å². The first-order valence-electron chi connectivity index (χ1n) is 4.56. The van der Waals surface area contributed by atoms with Crippen LogP contribution in [0.5, 0.6) is 0 Å². The quantitative estimate of drug-likeness (QED) is 0.796. The Labute approximate surface area is 87.2 Å². The molecule has 0 heterocycles. The zero-order chi connectivity index (χ0) is 11.5. The van der Waals surface area contributed by atoms with Gasteiger partial charge in [-0.25, -0.2) is 4.39 Å². The van der Waals surface area contributed by atoms with E-state index >= 15 is 0 Å². The summed E-state index contributed by atoms with van der Waals surface area (Å²) in [6.45, 7) is 1.26. The van der Waals surface area contributed by atoms with Crippen molar-refractivity contribution in [3.05, 3.63) is 35.6 Å². The molecule has 4 heteroatoms. The summed E-state index contributed by atoms with van der Waals surface area (Å²) in [7, 11) is 0. The Bertz CT molecular complexity index is 365. The monoisotopic (exact) mass is 212 g/mol. The average molecular weight is 212 g/mol. The molecule has 0 aliphatic rings. The maximum absolute atomic E-state index is 12.9. The van der Waals surface area contributed by atoms with Gasteiger partial charge in [0.15, 0.2) is 0 Å². The normalized spacial score (nSPS) is 14.6. The zero-order valence-corrected chi connectivity index (χ0v) is 8.40. The molecule has 0 fully saturated rings. The van der Waals surface area contributed by atoms with Gasteiger partial charge >= 0.3 is 5.97 Å². The van der Waals surface area contributed by atoms with Crippen molar-refractivity contribution in [3.63, 3.8) is 0 Å². The lowest BCUT2D eigenvalue weighted by molar-refractivity contribution is -0.138. The molecule has 15 heavy (non-hydrogen) atoms. The smallest absolute Gasteiger partial charge is 0.304 e. The molecule has 0 spiro atoms. The third-order valence-corrected chi connectivity index (χ3v) is 2.41. The van der Waals surface area contributed by atoms with Crippen molar-refractivity contribution in [2.24, 2.45) is 0 Å². The minimum atomic E-state index is -1.02. The highest BCUT2D eigenvalue weighted by Gasteiger charge is 2.29. The van der Waals surface area contributed by atoms with Crippen LogP contribution >= 0.6 is 0 Å². The molecule has 1 aromatic rings. The Kier molecular flexibility index (Phi) is 3.42. The van der Waals surface area contributed by atoms with Crippen LogP contribution in [0.15, 0.2) is 24.3 Å². The van der Waals surface area contributed by atoms with Crippen molar-refractivity contribution in [2.75, 3.05) is 6.61 Å². The van der Waals surface area contributed by atoms with E-state index in [1.54, 1.807) is 13.0 Å². The molecule has 0 amide bonds. The Morgan fingerprint density at radius 3 is 2.67 bits per heavy atom. The molecule has 1 atom stereocenters. The SMILES string of the molecule is CC(CO)(CC(=O)O)c1cccc(F)c1. The molecule has 0 radical (unpaired) electrons. The van der Waals surface area contributed by atoms with Gasteiger partial charge < -0.3 is 10.2 Å². The molecule has 1 rings (SSSR count). The second kappa shape index (κ2) is 4.40. The van der Waals surface area contributed by atoms with Gasteiger partial charge in [0.1, 0.15) is 5.82 Å². The van der Waals surface area contributed by atoms with Gasteiger partial charge in [0.05, 0.1) is 13.0 Å². The number of hydrogen-bond acceptors (Lipinski definition) is 2. The fraction of sp³-hybridized carbons (Fsp3) is 0.364. The predicted molar refractivity (Wildman–Crippen MR) is 53.1 cm³/mol. The lowest BCUT2D eigenvalue weighted by Gasteiger charge is -2.25. The van der Waals surface area contributed by atoms with Crippen LogP contribution in [0.2, 0.25) is 0 Å². The molecule has 0 saturated carbocycles. The summed E-state index contributed by atoms with van der Waals surface area (Å²) >= 11 is 0. The van der Waals surface area contributed by atoms with Gasteiger partial charge in [-0.3, -0.25) is 4.79 Å². The van der Waals surface area contributed by atoms with Crippen molar-refractivity contribution >= 4 is 5.97 Å². The number of aliphatic hydroxyl groups excluding tert-OH is 1. The Hall–Kier alpha value is -1.42. The fourth-order valence-corrected chi connectivity index (χ4v) is 1.45. The molecular weight excluding hydrogens is 199 g/mol. The second-order valence-corrected chi connectivity index (χ2v) is 3.80. The van der Waals surface area contributed by atoms with Gasteiger partial charge in [-0.2, -0.15) is 0 Å². The van der Waals surface area contributed by atoms with Gasteiger partial charge in [-0.1, -0.05) is 19.1 Å². The van der Waals surface area contributed by atoms with E-state index in [1.165, 1.54) is 18.2 Å². The first kappa shape index (κ1) is 11.7. The van der Waals surface area contributed by atoms with Gasteiger partial charge in [-0.15, -0.1) is 0 Å². The molecule has 1 aromatic carbocycles. The average Bonchev–Trinajstić information content (AvgIpc) is 2.16. The van der Waals surface area contributed by atoms with Crippen molar-refractivity contribution in [1.82, 2.24) is 0 Å². The molecule has 0 aliphatic heterocycles. The highest BCUT2D eigenvalue weighted by atomic mass is 19.1. The lowest BCUT2D eigenvalue weighted by atomic mass is 9.80. The van der Waals surface area contributed by atoms with E-state index in [-0.39, 0.29) is 13.0 Å². The number of aliphatic carboxylic acids is 1. The topological polar surface area (TPSA) is 57.5 Å². The molecule has 0 aromatic heterocycles. The van der Waals surface area contributed by atoms with Gasteiger partial charge in [0.2, 0.25) is 0 Å². The van der Waals surface area contributed by atoms with Crippen molar-refractivity contribution in [2.45, 2.75) is 18.8 Å². The molecule has 0 saturated heterocycles. The first-order valence-corrected chi connectivity index (χ1v) is 4.56. The van der Waals surface area contributed by atoms with Gasteiger partial charge in [-0.05, 0) is 17.7 Å². The number of hydrogen-bond donors (Lipinski definition) is 2. The summed E-state index contributed by atoms with van der Waals surface area (Å²) in [6.07, 6.45) is -0.229. The van der Waals surface area contributed by atoms with E-state index < -0.39 is 17.2 Å². The van der Waals surface area contributed by atoms with Crippen LogP contribution in [0.1, 0.15) is 18.9 Å². The number of halogens is 1. The Morgan fingerprint density at radius 2 is 2.20 bits per heavy atom. The van der Waals surface area contributed by atoms with E-state index in [9.17, 15) is 14.3 Å². The maximum atomic E-state index is 12.9. The number of rotatable bonds is 4. The van der Waals surface area contributed by atoms with Crippen LogP contribution in [0.3, 0.4) is 0 Å². The number of benzene rings is 1. The molecular formula is C11H13FO3. The third kappa shape index (κ3) is 2.76. The van der Waals surface area contributed by atoms with Crippen LogP contribution < -0.4 is 0 Å². The van der Waals surface area contributed by atoms with E-state index in [1.807, 2.05) is 0 Å². The molecule has 2 N–H and O–H groups in total. The summed E-state index contributed by atoms with van der Waals surface area (Å²) in [4.78, 5) is 10.6. The maximum Gasteiger partial charge on any atom is 0.304 e. The lowest BCUT2D eigenvalue weighted by Crippen LogP contribution is -2.30. The predicted octanol–water partition coefficient (Wildman–Crippen LogP) is 1.55. The van der Waals surface area contributed by atoms with Crippen LogP contribution in [0, 0.1) is 5.82 Å². The fourth-order valence-electron chi connectivity index (χ4n) is 1.45. The summed E-state index contributed by atoms with van der Waals surface area (Å²) in [6, 6.07) is 5.64. The van der Waals surface area contributed by atoms with Gasteiger partial charge in [0, 0.05) is 5.41 Å². The second-order valence-electron chi connectivity index (χ2n) is 3.80. The van der Waals surface area contributed by atoms with Crippen molar-refractivity contribution < 1.29 is 19.4 Å². The van der Waals surface area contributed by atoms with E-state index in [0.717, 1.165) is 0 Å². The van der Waals surface area contributed by atoms with Crippen LogP contribution in [-0.4, -0.2) is 22.8 Å². The van der Waals surface area contributed by atoms with Crippen LogP contribution in [-0.2, 0) is 10.2 Å². The first-order chi connectivity index (χ1) is 6.98. The number of aliphatic hydroxyl groups is 1. The molecule has 0 bridgehead atoms.